The number of rotatable bonds is 5. The normalized spacial score (nSPS) is 11.8. The lowest BCUT2D eigenvalue weighted by Gasteiger charge is -2.15. The van der Waals surface area contributed by atoms with E-state index in [1.165, 1.54) is 49.1 Å². The van der Waals surface area contributed by atoms with E-state index in [1.807, 2.05) is 0 Å². The lowest BCUT2D eigenvalue weighted by Crippen LogP contribution is -2.04. The molecule has 0 N–H and O–H groups in total. The second-order valence-electron chi connectivity index (χ2n) is 15.0. The van der Waals surface area contributed by atoms with E-state index in [0.29, 0.717) is 5.95 Å². The Hall–Kier alpha value is -7.82. The molecule has 0 amide bonds. The number of benzene rings is 9. The summed E-state index contributed by atoms with van der Waals surface area (Å²) in [5.74, 6) is 0.641. The Balaban J connectivity index is 1.13. The van der Waals surface area contributed by atoms with Gasteiger partial charge in [-0.2, -0.15) is 0 Å². The van der Waals surface area contributed by atoms with E-state index in [9.17, 15) is 0 Å². The zero-order chi connectivity index (χ0) is 38.2. The highest BCUT2D eigenvalue weighted by atomic mass is 15.2. The smallest absolute Gasteiger partial charge is 0.235 e. The van der Waals surface area contributed by atoms with Crippen LogP contribution in [0.5, 0.6) is 0 Å². The van der Waals surface area contributed by atoms with Crippen LogP contribution in [-0.4, -0.2) is 19.1 Å². The maximum Gasteiger partial charge on any atom is 0.235 e. The van der Waals surface area contributed by atoms with Crippen molar-refractivity contribution in [2.75, 3.05) is 0 Å². The molecule has 0 saturated carbocycles. The monoisotopic (exact) mass is 738 g/mol. The molecule has 0 atom stereocenters. The maximum absolute atomic E-state index is 5.53. The first-order valence-corrected chi connectivity index (χ1v) is 19.8. The Labute approximate surface area is 334 Å². The second kappa shape index (κ2) is 12.9. The van der Waals surface area contributed by atoms with Gasteiger partial charge in [0.1, 0.15) is 0 Å². The van der Waals surface area contributed by atoms with Gasteiger partial charge in [-0.05, 0) is 81.6 Å². The summed E-state index contributed by atoms with van der Waals surface area (Å²) in [6.07, 6.45) is 0. The van der Waals surface area contributed by atoms with Gasteiger partial charge in [0.2, 0.25) is 5.95 Å². The highest BCUT2D eigenvalue weighted by Gasteiger charge is 2.21. The van der Waals surface area contributed by atoms with E-state index in [1.54, 1.807) is 0 Å². The number of aromatic nitrogens is 4. The average Bonchev–Trinajstić information content (AvgIpc) is 3.82. The molecule has 0 radical (unpaired) electrons. The number of nitrogens with zero attached hydrogens (tertiary/aromatic N) is 4. The van der Waals surface area contributed by atoms with E-state index in [0.717, 1.165) is 55.4 Å². The third-order valence-corrected chi connectivity index (χ3v) is 11.7. The number of hydrogen-bond donors (Lipinski definition) is 0. The number of para-hydroxylation sites is 3. The molecule has 0 aliphatic rings. The van der Waals surface area contributed by atoms with Gasteiger partial charge in [0.25, 0.3) is 0 Å². The van der Waals surface area contributed by atoms with E-state index in [4.69, 9.17) is 9.97 Å². The van der Waals surface area contributed by atoms with Crippen molar-refractivity contribution in [1.82, 2.24) is 19.1 Å². The molecule has 0 unspecified atom stereocenters. The van der Waals surface area contributed by atoms with Gasteiger partial charge in [-0.3, -0.25) is 4.57 Å². The summed E-state index contributed by atoms with van der Waals surface area (Å²) in [5.41, 5.74) is 13.1. The van der Waals surface area contributed by atoms with Crippen LogP contribution in [0, 0.1) is 0 Å². The fraction of sp³-hybridized carbons (Fsp3) is 0. The topological polar surface area (TPSA) is 35.6 Å². The molecule has 4 nitrogen and oxygen atoms in total. The van der Waals surface area contributed by atoms with Crippen LogP contribution in [0.2, 0.25) is 0 Å². The summed E-state index contributed by atoms with van der Waals surface area (Å²) in [7, 11) is 0. The lowest BCUT2D eigenvalue weighted by molar-refractivity contribution is 1.01. The van der Waals surface area contributed by atoms with Crippen LogP contribution in [-0.2, 0) is 0 Å². The van der Waals surface area contributed by atoms with Gasteiger partial charge >= 0.3 is 0 Å². The first-order chi connectivity index (χ1) is 28.8. The molecule has 0 spiro atoms. The first kappa shape index (κ1) is 32.4. The van der Waals surface area contributed by atoms with Crippen LogP contribution in [0.25, 0.3) is 110 Å². The van der Waals surface area contributed by atoms with Crippen molar-refractivity contribution >= 4 is 65.3 Å². The van der Waals surface area contributed by atoms with Crippen LogP contribution in [0.15, 0.2) is 206 Å². The van der Waals surface area contributed by atoms with Gasteiger partial charge in [-0.25, -0.2) is 9.97 Å². The first-order valence-electron chi connectivity index (χ1n) is 19.8. The molecule has 0 bridgehead atoms. The highest BCUT2D eigenvalue weighted by Crippen LogP contribution is 2.41. The minimum Gasteiger partial charge on any atom is -0.309 e. The van der Waals surface area contributed by atoms with Crippen molar-refractivity contribution in [3.63, 3.8) is 0 Å². The molecular weight excluding hydrogens is 705 g/mol. The van der Waals surface area contributed by atoms with Gasteiger partial charge in [-0.1, -0.05) is 158 Å². The molecule has 58 heavy (non-hydrogen) atoms. The molecule has 0 aliphatic heterocycles. The third-order valence-electron chi connectivity index (χ3n) is 11.7. The summed E-state index contributed by atoms with van der Waals surface area (Å²) in [6, 6.07) is 73.8. The summed E-state index contributed by atoms with van der Waals surface area (Å²) in [6.45, 7) is 0. The van der Waals surface area contributed by atoms with Crippen LogP contribution >= 0.6 is 0 Å². The molecule has 3 aromatic heterocycles. The van der Waals surface area contributed by atoms with E-state index in [-0.39, 0.29) is 0 Å². The molecular formula is C54H34N4. The van der Waals surface area contributed by atoms with Crippen molar-refractivity contribution in [1.29, 1.82) is 0 Å². The molecule has 12 rings (SSSR count). The lowest BCUT2D eigenvalue weighted by atomic mass is 9.91. The summed E-state index contributed by atoms with van der Waals surface area (Å²) in [4.78, 5) is 10.9. The molecule has 4 heteroatoms. The van der Waals surface area contributed by atoms with Gasteiger partial charge in [0.05, 0.1) is 33.3 Å². The van der Waals surface area contributed by atoms with Crippen LogP contribution in [0.4, 0.5) is 0 Å². The Morgan fingerprint density at radius 1 is 0.328 bits per heavy atom. The Morgan fingerprint density at radius 2 is 0.914 bits per heavy atom. The summed E-state index contributed by atoms with van der Waals surface area (Å²) in [5, 5.41) is 8.25. The predicted molar refractivity (Wildman–Crippen MR) is 242 cm³/mol. The Bertz CT molecular complexity index is 3510. The quantitative estimate of drug-likeness (QED) is 0.176. The fourth-order valence-electron chi connectivity index (χ4n) is 9.14. The minimum absolute atomic E-state index is 0.641. The van der Waals surface area contributed by atoms with Crippen LogP contribution < -0.4 is 0 Å². The zero-order valence-corrected chi connectivity index (χ0v) is 31.4. The summed E-state index contributed by atoms with van der Waals surface area (Å²) < 4.78 is 4.66. The van der Waals surface area contributed by atoms with Crippen LogP contribution in [0.3, 0.4) is 0 Å². The third kappa shape index (κ3) is 4.95. The molecule has 9 aromatic carbocycles. The fourth-order valence-corrected chi connectivity index (χ4v) is 9.14. The molecule has 12 aromatic rings. The second-order valence-corrected chi connectivity index (χ2v) is 15.0. The van der Waals surface area contributed by atoms with Gasteiger partial charge in [-0.15, -0.1) is 0 Å². The van der Waals surface area contributed by atoms with Gasteiger partial charge < -0.3 is 4.57 Å². The molecule has 3 heterocycles. The average molecular weight is 739 g/mol. The van der Waals surface area contributed by atoms with E-state index in [2.05, 4.69) is 215 Å². The van der Waals surface area contributed by atoms with Crippen LogP contribution in [0.1, 0.15) is 0 Å². The molecule has 0 aliphatic carbocycles. The molecule has 0 fully saturated rings. The predicted octanol–water partition coefficient (Wildman–Crippen LogP) is 14.0. The van der Waals surface area contributed by atoms with Crippen molar-refractivity contribution in [3.8, 4) is 45.1 Å². The zero-order valence-electron chi connectivity index (χ0n) is 31.4. The van der Waals surface area contributed by atoms with Crippen molar-refractivity contribution in [2.45, 2.75) is 0 Å². The van der Waals surface area contributed by atoms with E-state index < -0.39 is 0 Å². The standard InChI is InChI=1S/C54H34N4/c1-3-15-35(16-4-1)40-30-27-38(33-45(40)36-17-5-2-6-18-36)53-44-23-9-12-24-47(44)55-54(56-53)58-50-32-29-39(34-46(50)52-41-20-8-7-19-37(41)28-31-51(52)58)57-48-25-13-10-21-42(48)43-22-11-14-26-49(43)57/h1-34H. The largest absolute Gasteiger partial charge is 0.309 e. The highest BCUT2D eigenvalue weighted by molar-refractivity contribution is 6.22. The minimum atomic E-state index is 0.641. The van der Waals surface area contributed by atoms with Gasteiger partial charge in [0.15, 0.2) is 0 Å². The van der Waals surface area contributed by atoms with Gasteiger partial charge in [0, 0.05) is 38.2 Å². The Kier molecular flexibility index (Phi) is 7.20. The number of hydrogen-bond acceptors (Lipinski definition) is 2. The molecule has 0 saturated heterocycles. The van der Waals surface area contributed by atoms with Crippen molar-refractivity contribution in [3.05, 3.63) is 206 Å². The van der Waals surface area contributed by atoms with E-state index >= 15 is 0 Å². The number of fused-ring (bicyclic) bond motifs is 9. The van der Waals surface area contributed by atoms with Crippen molar-refractivity contribution in [2.24, 2.45) is 0 Å². The SMILES string of the molecule is c1ccc(-c2ccc(-c3nc(-n4c5ccc(-n6c7ccccc7c7ccccc76)cc5c5c6ccccc6ccc54)nc4ccccc34)cc2-c2ccccc2)cc1. The summed E-state index contributed by atoms with van der Waals surface area (Å²) >= 11 is 0. The van der Waals surface area contributed by atoms with Crippen molar-refractivity contribution < 1.29 is 0 Å². The molecule has 270 valence electrons. The Morgan fingerprint density at radius 3 is 1.66 bits per heavy atom. The maximum atomic E-state index is 5.53.